The van der Waals surface area contributed by atoms with Crippen molar-refractivity contribution in [3.8, 4) is 0 Å². The summed E-state index contributed by atoms with van der Waals surface area (Å²) in [4.78, 5) is 0. The first kappa shape index (κ1) is 17.7. The number of aromatic nitrogens is 2. The van der Waals surface area contributed by atoms with Crippen LogP contribution in [0.1, 0.15) is 45.0 Å². The SMILES string of the molecule is CCCC(OCC)C(Cc1c(Br)c(C)nn1CC)NC. The maximum atomic E-state index is 5.92. The van der Waals surface area contributed by atoms with Gasteiger partial charge in [-0.25, -0.2) is 0 Å². The maximum Gasteiger partial charge on any atom is 0.0738 e. The van der Waals surface area contributed by atoms with Gasteiger partial charge in [0, 0.05) is 25.6 Å². The molecule has 0 aliphatic rings. The van der Waals surface area contributed by atoms with Gasteiger partial charge in [0.1, 0.15) is 0 Å². The summed E-state index contributed by atoms with van der Waals surface area (Å²) in [5, 5.41) is 7.99. The third-order valence-electron chi connectivity index (χ3n) is 3.64. The summed E-state index contributed by atoms with van der Waals surface area (Å²) in [6.07, 6.45) is 3.39. The molecule has 0 aromatic carbocycles. The van der Waals surface area contributed by atoms with Gasteiger partial charge in [0.2, 0.25) is 0 Å². The lowest BCUT2D eigenvalue weighted by Gasteiger charge is -2.27. The normalized spacial score (nSPS) is 14.5. The quantitative estimate of drug-likeness (QED) is 0.746. The van der Waals surface area contributed by atoms with Gasteiger partial charge in [0.15, 0.2) is 0 Å². The Morgan fingerprint density at radius 3 is 2.55 bits per heavy atom. The third kappa shape index (κ3) is 4.30. The van der Waals surface area contributed by atoms with Gasteiger partial charge in [-0.3, -0.25) is 4.68 Å². The molecule has 1 heterocycles. The van der Waals surface area contributed by atoms with Gasteiger partial charge in [0.05, 0.1) is 22.0 Å². The zero-order valence-corrected chi connectivity index (χ0v) is 15.0. The van der Waals surface area contributed by atoms with Gasteiger partial charge in [0.25, 0.3) is 0 Å². The summed E-state index contributed by atoms with van der Waals surface area (Å²) >= 11 is 3.67. The minimum Gasteiger partial charge on any atom is -0.377 e. The van der Waals surface area contributed by atoms with E-state index in [0.717, 1.165) is 42.6 Å². The second-order valence-electron chi connectivity index (χ2n) is 5.04. The summed E-state index contributed by atoms with van der Waals surface area (Å²) < 4.78 is 9.13. The van der Waals surface area contributed by atoms with Crippen molar-refractivity contribution in [2.24, 2.45) is 0 Å². The van der Waals surface area contributed by atoms with Crippen molar-refractivity contribution in [3.63, 3.8) is 0 Å². The van der Waals surface area contributed by atoms with Crippen molar-refractivity contribution >= 4 is 15.9 Å². The molecule has 0 fully saturated rings. The Morgan fingerprint density at radius 1 is 1.35 bits per heavy atom. The molecule has 2 unspecified atom stereocenters. The average molecular weight is 346 g/mol. The molecule has 20 heavy (non-hydrogen) atoms. The molecule has 0 spiro atoms. The number of aryl methyl sites for hydroxylation is 2. The van der Waals surface area contributed by atoms with Crippen LogP contribution in [-0.2, 0) is 17.7 Å². The van der Waals surface area contributed by atoms with Gasteiger partial charge >= 0.3 is 0 Å². The molecule has 2 atom stereocenters. The van der Waals surface area contributed by atoms with Gasteiger partial charge in [-0.1, -0.05) is 13.3 Å². The highest BCUT2D eigenvalue weighted by Gasteiger charge is 2.23. The molecule has 0 aliphatic heterocycles. The van der Waals surface area contributed by atoms with Crippen LogP contribution >= 0.6 is 15.9 Å². The third-order valence-corrected chi connectivity index (χ3v) is 4.67. The minimum absolute atomic E-state index is 0.252. The smallest absolute Gasteiger partial charge is 0.0738 e. The van der Waals surface area contributed by atoms with Gasteiger partial charge in [-0.15, -0.1) is 0 Å². The van der Waals surface area contributed by atoms with E-state index in [1.54, 1.807) is 0 Å². The van der Waals surface area contributed by atoms with Crippen molar-refractivity contribution in [2.45, 2.75) is 65.6 Å². The fraction of sp³-hybridized carbons (Fsp3) is 0.800. The molecule has 1 rings (SSSR count). The fourth-order valence-corrected chi connectivity index (χ4v) is 3.04. The van der Waals surface area contributed by atoms with E-state index in [-0.39, 0.29) is 6.10 Å². The molecule has 0 saturated heterocycles. The molecule has 0 radical (unpaired) electrons. The molecular formula is C15H28BrN3O. The highest BCUT2D eigenvalue weighted by atomic mass is 79.9. The summed E-state index contributed by atoms with van der Waals surface area (Å²) in [6, 6.07) is 0.313. The van der Waals surface area contributed by atoms with Crippen LogP contribution in [0.4, 0.5) is 0 Å². The molecule has 0 amide bonds. The first-order valence-electron chi connectivity index (χ1n) is 7.59. The highest BCUT2D eigenvalue weighted by molar-refractivity contribution is 9.10. The van der Waals surface area contributed by atoms with Gasteiger partial charge in [-0.2, -0.15) is 5.10 Å². The summed E-state index contributed by atoms with van der Waals surface area (Å²) in [5.74, 6) is 0. The largest absolute Gasteiger partial charge is 0.377 e. The van der Waals surface area contributed by atoms with Gasteiger partial charge < -0.3 is 10.1 Å². The lowest BCUT2D eigenvalue weighted by molar-refractivity contribution is 0.0296. The van der Waals surface area contributed by atoms with Crippen LogP contribution in [0.25, 0.3) is 0 Å². The van der Waals surface area contributed by atoms with Crippen molar-refractivity contribution in [3.05, 3.63) is 15.9 Å². The standard InChI is InChI=1S/C15H28BrN3O/c1-6-9-14(20-8-3)12(17-5)10-13-15(16)11(4)18-19(13)7-2/h12,14,17H,6-10H2,1-5H3. The number of halogens is 1. The monoisotopic (exact) mass is 345 g/mol. The van der Waals surface area contributed by atoms with Crippen molar-refractivity contribution in [1.82, 2.24) is 15.1 Å². The Hall–Kier alpha value is -0.390. The van der Waals surface area contributed by atoms with Crippen LogP contribution in [-0.4, -0.2) is 35.6 Å². The van der Waals surface area contributed by atoms with E-state index in [9.17, 15) is 0 Å². The predicted molar refractivity (Wildman–Crippen MR) is 87.2 cm³/mol. The molecule has 4 nitrogen and oxygen atoms in total. The van der Waals surface area contributed by atoms with E-state index < -0.39 is 0 Å². The molecule has 0 bridgehead atoms. The number of rotatable bonds is 9. The molecule has 116 valence electrons. The summed E-state index contributed by atoms with van der Waals surface area (Å²) in [5.41, 5.74) is 2.31. The Morgan fingerprint density at radius 2 is 2.05 bits per heavy atom. The molecule has 1 aromatic heterocycles. The van der Waals surface area contributed by atoms with Crippen molar-refractivity contribution in [2.75, 3.05) is 13.7 Å². The Balaban J connectivity index is 2.91. The van der Waals surface area contributed by atoms with Gasteiger partial charge in [-0.05, 0) is 50.2 Å². The Labute approximate surface area is 131 Å². The molecular weight excluding hydrogens is 318 g/mol. The average Bonchev–Trinajstić information content (AvgIpc) is 2.71. The van der Waals surface area contributed by atoms with Crippen molar-refractivity contribution in [1.29, 1.82) is 0 Å². The van der Waals surface area contributed by atoms with E-state index in [2.05, 4.69) is 51.8 Å². The first-order valence-corrected chi connectivity index (χ1v) is 8.38. The number of hydrogen-bond acceptors (Lipinski definition) is 3. The van der Waals surface area contributed by atoms with Crippen molar-refractivity contribution < 1.29 is 4.74 Å². The highest BCUT2D eigenvalue weighted by Crippen LogP contribution is 2.24. The molecule has 5 heteroatoms. The zero-order chi connectivity index (χ0) is 15.1. The van der Waals surface area contributed by atoms with E-state index >= 15 is 0 Å². The second kappa shape index (κ2) is 8.80. The van der Waals surface area contributed by atoms with E-state index in [4.69, 9.17) is 4.74 Å². The molecule has 0 saturated carbocycles. The number of likely N-dealkylation sites (N-methyl/N-ethyl adjacent to an activating group) is 1. The summed E-state index contributed by atoms with van der Waals surface area (Å²) in [6.45, 7) is 10.1. The Kier molecular flexibility index (Phi) is 7.77. The maximum absolute atomic E-state index is 5.92. The first-order chi connectivity index (χ1) is 9.58. The van der Waals surface area contributed by atoms with Crippen LogP contribution in [0.2, 0.25) is 0 Å². The number of ether oxygens (including phenoxy) is 1. The lowest BCUT2D eigenvalue weighted by atomic mass is 10.0. The number of nitrogens with one attached hydrogen (secondary N) is 1. The topological polar surface area (TPSA) is 39.1 Å². The van der Waals surface area contributed by atoms with E-state index in [0.29, 0.717) is 6.04 Å². The van der Waals surface area contributed by atoms with Crippen LogP contribution in [0, 0.1) is 6.92 Å². The fourth-order valence-electron chi connectivity index (χ4n) is 2.59. The Bertz CT molecular complexity index is 400. The predicted octanol–water partition coefficient (Wildman–Crippen LogP) is 3.31. The van der Waals surface area contributed by atoms with E-state index in [1.807, 2.05) is 14.0 Å². The van der Waals surface area contributed by atoms with Crippen LogP contribution < -0.4 is 5.32 Å². The second-order valence-corrected chi connectivity index (χ2v) is 5.84. The zero-order valence-electron chi connectivity index (χ0n) is 13.4. The molecule has 0 aliphatic carbocycles. The van der Waals surface area contributed by atoms with E-state index in [1.165, 1.54) is 5.69 Å². The van der Waals surface area contributed by atoms with Crippen LogP contribution in [0.3, 0.4) is 0 Å². The van der Waals surface area contributed by atoms with Crippen LogP contribution in [0.15, 0.2) is 4.47 Å². The lowest BCUT2D eigenvalue weighted by Crippen LogP contribution is -2.41. The van der Waals surface area contributed by atoms with Crippen LogP contribution in [0.5, 0.6) is 0 Å². The number of nitrogens with zero attached hydrogens (tertiary/aromatic N) is 2. The number of hydrogen-bond donors (Lipinski definition) is 1. The summed E-state index contributed by atoms with van der Waals surface area (Å²) in [7, 11) is 2.01. The molecule has 1 aromatic rings. The molecule has 1 N–H and O–H groups in total. The minimum atomic E-state index is 0.252.